The van der Waals surface area contributed by atoms with Gasteiger partial charge in [0.15, 0.2) is 17.7 Å². The Kier molecular flexibility index (Phi) is 5.15. The van der Waals surface area contributed by atoms with Crippen LogP contribution in [0.15, 0.2) is 18.2 Å². The van der Waals surface area contributed by atoms with Crippen molar-refractivity contribution in [1.29, 1.82) is 0 Å². The number of carboxylic acid groups (broad SMARTS) is 1. The van der Waals surface area contributed by atoms with Gasteiger partial charge in [-0.15, -0.1) is 0 Å². The van der Waals surface area contributed by atoms with Crippen LogP contribution in [0, 0.1) is 11.6 Å². The van der Waals surface area contributed by atoms with Crippen LogP contribution >= 0.6 is 0 Å². The first-order chi connectivity index (χ1) is 10.8. The van der Waals surface area contributed by atoms with E-state index in [0.29, 0.717) is 0 Å². The van der Waals surface area contributed by atoms with Crippen LogP contribution in [-0.4, -0.2) is 41.8 Å². The number of aliphatic carboxylic acids is 1. The lowest BCUT2D eigenvalue weighted by Crippen LogP contribution is -2.59. The first-order valence-electron chi connectivity index (χ1n) is 7.09. The highest BCUT2D eigenvalue weighted by Crippen LogP contribution is 2.22. The largest absolute Gasteiger partial charge is 0.481 e. The zero-order valence-electron chi connectivity index (χ0n) is 12.5. The molecule has 0 spiro atoms. The van der Waals surface area contributed by atoms with Crippen LogP contribution in [0.5, 0.6) is 5.75 Å². The minimum atomic E-state index is -1.40. The van der Waals surface area contributed by atoms with Gasteiger partial charge in [0, 0.05) is 32.1 Å². The molecule has 8 heteroatoms. The molecule has 1 aromatic rings. The predicted octanol–water partition coefficient (Wildman–Crippen LogP) is 1.48. The monoisotopic (exact) mass is 329 g/mol. The summed E-state index contributed by atoms with van der Waals surface area (Å²) in [6.07, 6.45) is -0.781. The van der Waals surface area contributed by atoms with Gasteiger partial charge in [-0.25, -0.2) is 13.6 Å². The van der Waals surface area contributed by atoms with Gasteiger partial charge in [0.1, 0.15) is 11.3 Å². The molecule has 1 saturated heterocycles. The van der Waals surface area contributed by atoms with Gasteiger partial charge in [-0.3, -0.25) is 4.79 Å². The van der Waals surface area contributed by atoms with Crippen molar-refractivity contribution >= 4 is 11.9 Å². The van der Waals surface area contributed by atoms with Crippen molar-refractivity contribution < 1.29 is 33.0 Å². The topological polar surface area (TPSA) is 84.9 Å². The molecule has 0 aliphatic carbocycles. The Balaban J connectivity index is 2.03. The lowest BCUT2D eigenvalue weighted by atomic mass is 9.90. The van der Waals surface area contributed by atoms with Crippen molar-refractivity contribution in [3.05, 3.63) is 29.8 Å². The van der Waals surface area contributed by atoms with E-state index in [1.165, 1.54) is 13.0 Å². The second-order valence-electron chi connectivity index (χ2n) is 5.32. The van der Waals surface area contributed by atoms with Crippen LogP contribution in [0.2, 0.25) is 0 Å². The highest BCUT2D eigenvalue weighted by Gasteiger charge is 2.42. The van der Waals surface area contributed by atoms with Crippen LogP contribution in [0.3, 0.4) is 0 Å². The number of carbonyl (C=O) groups excluding carboxylic acids is 1. The summed E-state index contributed by atoms with van der Waals surface area (Å²) in [4.78, 5) is 23.6. The maximum atomic E-state index is 13.1. The summed E-state index contributed by atoms with van der Waals surface area (Å²) in [6, 6.07) is 2.89. The minimum absolute atomic E-state index is 0.0251. The lowest BCUT2D eigenvalue weighted by Gasteiger charge is -2.34. The van der Waals surface area contributed by atoms with Crippen LogP contribution in [0.25, 0.3) is 0 Å². The van der Waals surface area contributed by atoms with Gasteiger partial charge >= 0.3 is 5.97 Å². The van der Waals surface area contributed by atoms with E-state index in [1.807, 2.05) is 0 Å². The number of rotatable bonds is 5. The summed E-state index contributed by atoms with van der Waals surface area (Å²) in [5.41, 5.74) is -1.40. The molecule has 1 aromatic carbocycles. The molecule has 1 heterocycles. The average molecular weight is 329 g/mol. The van der Waals surface area contributed by atoms with Crippen LogP contribution in [-0.2, 0) is 14.3 Å². The molecule has 1 unspecified atom stereocenters. The molecule has 0 saturated carbocycles. The average Bonchev–Trinajstić information content (AvgIpc) is 2.51. The van der Waals surface area contributed by atoms with Gasteiger partial charge in [0.05, 0.1) is 0 Å². The molecule has 1 fully saturated rings. The Labute approximate surface area is 131 Å². The molecule has 1 aliphatic rings. The van der Waals surface area contributed by atoms with Crippen molar-refractivity contribution in [2.75, 3.05) is 13.2 Å². The molecular formula is C15H17F2NO5. The summed E-state index contributed by atoms with van der Waals surface area (Å²) in [5, 5.41) is 11.8. The fourth-order valence-electron chi connectivity index (χ4n) is 2.26. The number of benzene rings is 1. The van der Waals surface area contributed by atoms with E-state index >= 15 is 0 Å². The quantitative estimate of drug-likeness (QED) is 0.855. The zero-order valence-corrected chi connectivity index (χ0v) is 12.5. The summed E-state index contributed by atoms with van der Waals surface area (Å²) >= 11 is 0. The van der Waals surface area contributed by atoms with E-state index in [0.717, 1.165) is 12.1 Å². The van der Waals surface area contributed by atoms with E-state index in [1.54, 1.807) is 0 Å². The van der Waals surface area contributed by atoms with E-state index in [-0.39, 0.29) is 31.8 Å². The van der Waals surface area contributed by atoms with Crippen LogP contribution in [0.4, 0.5) is 8.78 Å². The highest BCUT2D eigenvalue weighted by atomic mass is 19.2. The van der Waals surface area contributed by atoms with Crippen LogP contribution < -0.4 is 10.1 Å². The van der Waals surface area contributed by atoms with E-state index in [9.17, 15) is 23.5 Å². The van der Waals surface area contributed by atoms with Gasteiger partial charge in [-0.05, 0) is 19.1 Å². The molecule has 1 aliphatic heterocycles. The summed E-state index contributed by atoms with van der Waals surface area (Å²) in [7, 11) is 0. The fraction of sp³-hybridized carbons (Fsp3) is 0.467. The number of ether oxygens (including phenoxy) is 2. The van der Waals surface area contributed by atoms with Crippen molar-refractivity contribution in [2.45, 2.75) is 31.4 Å². The molecular weight excluding hydrogens is 312 g/mol. The third kappa shape index (κ3) is 3.95. The minimum Gasteiger partial charge on any atom is -0.481 e. The maximum absolute atomic E-state index is 13.1. The van der Waals surface area contributed by atoms with Gasteiger partial charge in [-0.1, -0.05) is 0 Å². The van der Waals surface area contributed by atoms with Crippen molar-refractivity contribution in [3.63, 3.8) is 0 Å². The summed E-state index contributed by atoms with van der Waals surface area (Å²) in [6.45, 7) is 1.85. The molecule has 0 bridgehead atoms. The summed E-state index contributed by atoms with van der Waals surface area (Å²) in [5.74, 6) is -3.95. The highest BCUT2D eigenvalue weighted by molar-refractivity contribution is 5.89. The van der Waals surface area contributed by atoms with Gasteiger partial charge in [0.25, 0.3) is 5.91 Å². The van der Waals surface area contributed by atoms with E-state index in [4.69, 9.17) is 9.47 Å². The standard InChI is InChI=1S/C15H17F2NO5/c1-9(23-10-2-3-11(16)12(17)8-10)13(19)18-15(14(20)21)4-6-22-7-5-15/h2-3,8-9H,4-7H2,1H3,(H,18,19)(H,20,21). The Hall–Kier alpha value is -2.22. The van der Waals surface area contributed by atoms with E-state index < -0.39 is 35.2 Å². The molecule has 1 amide bonds. The molecule has 2 N–H and O–H groups in total. The molecule has 0 radical (unpaired) electrons. The van der Waals surface area contributed by atoms with Gasteiger partial charge < -0.3 is 19.9 Å². The van der Waals surface area contributed by atoms with Crippen molar-refractivity contribution in [3.8, 4) is 5.75 Å². The predicted molar refractivity (Wildman–Crippen MR) is 75.0 cm³/mol. The Bertz CT molecular complexity index is 602. The SMILES string of the molecule is CC(Oc1ccc(F)c(F)c1)C(=O)NC1(C(=O)O)CCOCC1. The number of hydrogen-bond donors (Lipinski definition) is 2. The molecule has 0 aromatic heterocycles. The number of carbonyl (C=O) groups is 2. The number of nitrogens with one attached hydrogen (secondary N) is 1. The van der Waals surface area contributed by atoms with E-state index in [2.05, 4.69) is 5.32 Å². The molecule has 2 rings (SSSR count). The summed E-state index contributed by atoms with van der Waals surface area (Å²) < 4.78 is 36.3. The van der Waals surface area contributed by atoms with Crippen LogP contribution in [0.1, 0.15) is 19.8 Å². The first-order valence-corrected chi connectivity index (χ1v) is 7.09. The molecule has 6 nitrogen and oxygen atoms in total. The second-order valence-corrected chi connectivity index (χ2v) is 5.32. The first kappa shape index (κ1) is 17.1. The maximum Gasteiger partial charge on any atom is 0.329 e. The lowest BCUT2D eigenvalue weighted by molar-refractivity contribution is -0.153. The normalized spacial score (nSPS) is 18.0. The third-order valence-electron chi connectivity index (χ3n) is 3.69. The second kappa shape index (κ2) is 6.91. The van der Waals surface area contributed by atoms with Crippen molar-refractivity contribution in [1.82, 2.24) is 5.32 Å². The number of carboxylic acids is 1. The molecule has 1 atom stereocenters. The Morgan fingerprint density at radius 2 is 1.96 bits per heavy atom. The number of amides is 1. The Morgan fingerprint density at radius 1 is 1.30 bits per heavy atom. The van der Waals surface area contributed by atoms with Gasteiger partial charge in [0.2, 0.25) is 0 Å². The number of halogens is 2. The number of hydrogen-bond acceptors (Lipinski definition) is 4. The molecule has 23 heavy (non-hydrogen) atoms. The Morgan fingerprint density at radius 3 is 2.52 bits per heavy atom. The van der Waals surface area contributed by atoms with Gasteiger partial charge in [-0.2, -0.15) is 0 Å². The molecule has 126 valence electrons. The van der Waals surface area contributed by atoms with Crippen molar-refractivity contribution in [2.24, 2.45) is 0 Å². The third-order valence-corrected chi connectivity index (χ3v) is 3.69. The zero-order chi connectivity index (χ0) is 17.0. The smallest absolute Gasteiger partial charge is 0.329 e. The fourth-order valence-corrected chi connectivity index (χ4v) is 2.26.